The van der Waals surface area contributed by atoms with Crippen LogP contribution in [0.15, 0.2) is 28.7 Å². The molecule has 1 N–H and O–H groups in total. The number of nitrogens with zero attached hydrogens (tertiary/aromatic N) is 1. The molecule has 8 heteroatoms. The molecule has 0 aliphatic heterocycles. The Kier molecular flexibility index (Phi) is 8.09. The van der Waals surface area contributed by atoms with Gasteiger partial charge in [0, 0.05) is 22.0 Å². The maximum atomic E-state index is 12.2. The van der Waals surface area contributed by atoms with Gasteiger partial charge in [0.05, 0.1) is 11.9 Å². The van der Waals surface area contributed by atoms with Crippen LogP contribution in [0.3, 0.4) is 0 Å². The number of thioether (sulfide) groups is 1. The smallest absolute Gasteiger partial charge is 0.240 e. The molecule has 0 unspecified atom stereocenters. The molecule has 0 bridgehead atoms. The van der Waals surface area contributed by atoms with E-state index >= 15 is 0 Å². The number of hydrogen-bond acceptors (Lipinski definition) is 4. The average Bonchev–Trinajstić information content (AvgIpc) is 2.57. The predicted molar refractivity (Wildman–Crippen MR) is 109 cm³/mol. The number of sulfonamides is 1. The van der Waals surface area contributed by atoms with Crippen LogP contribution < -0.4 is 9.62 Å². The first-order chi connectivity index (χ1) is 11.9. The molecule has 1 saturated carbocycles. The SMILES string of the molecule is CS(=O)(=O)N(CC(=O)NCCSC1CCCCC1)c1ccc(Br)cc1. The Morgan fingerprint density at radius 1 is 1.24 bits per heavy atom. The summed E-state index contributed by atoms with van der Waals surface area (Å²) in [5, 5.41) is 3.54. The Morgan fingerprint density at radius 2 is 1.88 bits per heavy atom. The van der Waals surface area contributed by atoms with Crippen molar-refractivity contribution in [2.45, 2.75) is 37.4 Å². The molecule has 0 atom stereocenters. The Hall–Kier alpha value is -0.730. The molecular weight excluding hydrogens is 424 g/mol. The zero-order valence-corrected chi connectivity index (χ0v) is 17.6. The van der Waals surface area contributed by atoms with Gasteiger partial charge in [-0.3, -0.25) is 9.10 Å². The number of anilines is 1. The fraction of sp³-hybridized carbons (Fsp3) is 0.588. The Morgan fingerprint density at radius 3 is 2.48 bits per heavy atom. The molecule has 1 aromatic rings. The highest BCUT2D eigenvalue weighted by Gasteiger charge is 2.20. The summed E-state index contributed by atoms with van der Waals surface area (Å²) in [6.07, 6.45) is 7.60. The van der Waals surface area contributed by atoms with Gasteiger partial charge in [0.1, 0.15) is 6.54 Å². The van der Waals surface area contributed by atoms with Crippen molar-refractivity contribution in [1.29, 1.82) is 0 Å². The van der Waals surface area contributed by atoms with Gasteiger partial charge in [-0.05, 0) is 37.1 Å². The van der Waals surface area contributed by atoms with Crippen LogP contribution in [0.4, 0.5) is 5.69 Å². The van der Waals surface area contributed by atoms with Gasteiger partial charge >= 0.3 is 0 Å². The Labute approximate surface area is 163 Å². The molecule has 0 radical (unpaired) electrons. The quantitative estimate of drug-likeness (QED) is 0.618. The van der Waals surface area contributed by atoms with Crippen molar-refractivity contribution >= 4 is 49.3 Å². The largest absolute Gasteiger partial charge is 0.354 e. The Balaban J connectivity index is 1.82. The van der Waals surface area contributed by atoms with Crippen LogP contribution in [-0.2, 0) is 14.8 Å². The van der Waals surface area contributed by atoms with Gasteiger partial charge in [0.2, 0.25) is 15.9 Å². The lowest BCUT2D eigenvalue weighted by atomic mass is 10.0. The maximum Gasteiger partial charge on any atom is 0.240 e. The molecule has 2 rings (SSSR count). The maximum absolute atomic E-state index is 12.2. The molecule has 0 heterocycles. The molecule has 0 aromatic heterocycles. The number of rotatable bonds is 8. The van der Waals surface area contributed by atoms with E-state index in [9.17, 15) is 13.2 Å². The van der Waals surface area contributed by atoms with E-state index in [4.69, 9.17) is 0 Å². The van der Waals surface area contributed by atoms with Crippen molar-refractivity contribution in [1.82, 2.24) is 5.32 Å². The number of benzene rings is 1. The van der Waals surface area contributed by atoms with Crippen molar-refractivity contribution in [3.63, 3.8) is 0 Å². The number of nitrogens with one attached hydrogen (secondary N) is 1. The first-order valence-electron chi connectivity index (χ1n) is 8.48. The summed E-state index contributed by atoms with van der Waals surface area (Å²) in [5.74, 6) is 0.589. The molecule has 25 heavy (non-hydrogen) atoms. The van der Waals surface area contributed by atoms with E-state index in [-0.39, 0.29) is 12.5 Å². The Bertz CT molecular complexity index is 659. The van der Waals surface area contributed by atoms with Crippen LogP contribution in [0.2, 0.25) is 0 Å². The molecule has 5 nitrogen and oxygen atoms in total. The molecule has 0 saturated heterocycles. The summed E-state index contributed by atoms with van der Waals surface area (Å²) in [4.78, 5) is 12.2. The third-order valence-electron chi connectivity index (χ3n) is 4.13. The monoisotopic (exact) mass is 448 g/mol. The lowest BCUT2D eigenvalue weighted by Gasteiger charge is -2.22. The van der Waals surface area contributed by atoms with Gasteiger partial charge in [0.25, 0.3) is 0 Å². The second kappa shape index (κ2) is 9.83. The summed E-state index contributed by atoms with van der Waals surface area (Å²) < 4.78 is 26.0. The molecule has 1 amide bonds. The van der Waals surface area contributed by atoms with Crippen LogP contribution in [0, 0.1) is 0 Å². The van der Waals surface area contributed by atoms with Crippen molar-refractivity contribution in [2.75, 3.05) is 29.4 Å². The first-order valence-corrected chi connectivity index (χ1v) is 12.2. The molecule has 1 fully saturated rings. The molecular formula is C17H25BrN2O3S2. The lowest BCUT2D eigenvalue weighted by molar-refractivity contribution is -0.119. The van der Waals surface area contributed by atoms with Crippen molar-refractivity contribution in [3.8, 4) is 0 Å². The van der Waals surface area contributed by atoms with E-state index in [1.807, 2.05) is 11.8 Å². The summed E-state index contributed by atoms with van der Waals surface area (Å²) >= 11 is 5.23. The fourth-order valence-corrected chi connectivity index (χ4v) is 5.18. The van der Waals surface area contributed by atoms with Gasteiger partial charge in [-0.1, -0.05) is 35.2 Å². The minimum absolute atomic E-state index is 0.200. The van der Waals surface area contributed by atoms with Gasteiger partial charge in [-0.15, -0.1) is 0 Å². The normalized spacial score (nSPS) is 15.8. The highest BCUT2D eigenvalue weighted by atomic mass is 79.9. The number of carbonyl (C=O) groups is 1. The standard InChI is InChI=1S/C17H25BrN2O3S2/c1-25(22,23)20(15-9-7-14(18)8-10-15)13-17(21)19-11-12-24-16-5-3-2-4-6-16/h7-10,16H,2-6,11-13H2,1H3,(H,19,21). The van der Waals surface area contributed by atoms with Gasteiger partial charge < -0.3 is 5.32 Å². The van der Waals surface area contributed by atoms with Crippen LogP contribution in [0.5, 0.6) is 0 Å². The van der Waals surface area contributed by atoms with E-state index < -0.39 is 10.0 Å². The first kappa shape index (κ1) is 20.6. The molecule has 140 valence electrons. The lowest BCUT2D eigenvalue weighted by Crippen LogP contribution is -2.41. The van der Waals surface area contributed by atoms with Gasteiger partial charge in [-0.25, -0.2) is 8.42 Å². The van der Waals surface area contributed by atoms with E-state index in [1.165, 1.54) is 32.1 Å². The van der Waals surface area contributed by atoms with Crippen molar-refractivity contribution in [3.05, 3.63) is 28.7 Å². The second-order valence-electron chi connectivity index (χ2n) is 6.23. The van der Waals surface area contributed by atoms with Crippen LogP contribution in [0.25, 0.3) is 0 Å². The summed E-state index contributed by atoms with van der Waals surface area (Å²) in [7, 11) is -3.52. The highest BCUT2D eigenvalue weighted by molar-refractivity contribution is 9.10. The second-order valence-corrected chi connectivity index (χ2v) is 10.5. The number of halogens is 1. The topological polar surface area (TPSA) is 66.5 Å². The third kappa shape index (κ3) is 7.19. The van der Waals surface area contributed by atoms with Gasteiger partial charge in [-0.2, -0.15) is 11.8 Å². The van der Waals surface area contributed by atoms with Gasteiger partial charge in [0.15, 0.2) is 0 Å². The van der Waals surface area contributed by atoms with E-state index in [2.05, 4.69) is 21.2 Å². The van der Waals surface area contributed by atoms with Crippen molar-refractivity contribution < 1.29 is 13.2 Å². The predicted octanol–water partition coefficient (Wildman–Crippen LogP) is 3.40. The van der Waals surface area contributed by atoms with Crippen LogP contribution >= 0.6 is 27.7 Å². The minimum atomic E-state index is -3.52. The van der Waals surface area contributed by atoms with E-state index in [1.54, 1.807) is 24.3 Å². The fourth-order valence-electron chi connectivity index (χ4n) is 2.84. The van der Waals surface area contributed by atoms with Crippen LogP contribution in [-0.4, -0.2) is 44.7 Å². The van der Waals surface area contributed by atoms with E-state index in [0.717, 1.165) is 20.8 Å². The van der Waals surface area contributed by atoms with Crippen molar-refractivity contribution in [2.24, 2.45) is 0 Å². The molecule has 0 spiro atoms. The third-order valence-corrected chi connectivity index (χ3v) is 7.18. The highest BCUT2D eigenvalue weighted by Crippen LogP contribution is 2.27. The summed E-state index contributed by atoms with van der Waals surface area (Å²) in [6.45, 7) is 0.368. The average molecular weight is 449 g/mol. The minimum Gasteiger partial charge on any atom is -0.354 e. The summed E-state index contributed by atoms with van der Waals surface area (Å²) in [5.41, 5.74) is 0.484. The number of hydrogen-bond donors (Lipinski definition) is 1. The number of amides is 1. The molecule has 1 aliphatic rings. The van der Waals surface area contributed by atoms with Crippen LogP contribution in [0.1, 0.15) is 32.1 Å². The van der Waals surface area contributed by atoms with E-state index in [0.29, 0.717) is 17.5 Å². The zero-order chi connectivity index (χ0) is 18.3. The summed E-state index contributed by atoms with van der Waals surface area (Å²) in [6, 6.07) is 6.87. The zero-order valence-electron chi connectivity index (χ0n) is 14.4. The molecule has 1 aliphatic carbocycles. The molecule has 1 aromatic carbocycles. The number of carbonyl (C=O) groups excluding carboxylic acids is 1.